The number of aliphatic hydroxyl groups is 1. The number of ketones is 1. The zero-order valence-electron chi connectivity index (χ0n) is 19.1. The third-order valence-electron chi connectivity index (χ3n) is 5.38. The molecule has 7 nitrogen and oxygen atoms in total. The van der Waals surface area contributed by atoms with Crippen molar-refractivity contribution in [3.8, 4) is 11.5 Å². The standard InChI is InChI=1S/C25H28ClNO6/c1-15(2)33-13-5-12-27-22(19-14-18(31-3)10-11-20(19)32-4)21(24(29)25(27)30)23(28)16-6-8-17(26)9-7-16/h6-11,14-15,22,28H,5,12-13H2,1-4H3/t22-/m0/s1. The minimum atomic E-state index is -0.857. The van der Waals surface area contributed by atoms with Crippen LogP contribution in [0.25, 0.3) is 5.76 Å². The molecule has 2 aromatic rings. The van der Waals surface area contributed by atoms with Crippen LogP contribution in [0.15, 0.2) is 48.0 Å². The summed E-state index contributed by atoms with van der Waals surface area (Å²) in [5.41, 5.74) is 0.905. The van der Waals surface area contributed by atoms with Crippen LogP contribution >= 0.6 is 11.6 Å². The number of ether oxygens (including phenoxy) is 3. The summed E-state index contributed by atoms with van der Waals surface area (Å²) >= 11 is 5.97. The maximum absolute atomic E-state index is 13.1. The molecule has 0 saturated carbocycles. The number of carbonyl (C=O) groups excluding carboxylic acids is 2. The van der Waals surface area contributed by atoms with Crippen LogP contribution in [0.4, 0.5) is 0 Å². The second kappa shape index (κ2) is 10.7. The summed E-state index contributed by atoms with van der Waals surface area (Å²) in [5, 5.41) is 11.6. The van der Waals surface area contributed by atoms with Gasteiger partial charge in [-0.25, -0.2) is 0 Å². The summed E-state index contributed by atoms with van der Waals surface area (Å²) in [6.45, 7) is 4.55. The Kier molecular flexibility index (Phi) is 8.00. The fourth-order valence-electron chi connectivity index (χ4n) is 3.80. The molecule has 1 amide bonds. The molecule has 0 bridgehead atoms. The maximum Gasteiger partial charge on any atom is 0.295 e. The van der Waals surface area contributed by atoms with Gasteiger partial charge in [-0.3, -0.25) is 9.59 Å². The third-order valence-corrected chi connectivity index (χ3v) is 5.64. The number of nitrogens with zero attached hydrogens (tertiary/aromatic N) is 1. The van der Waals surface area contributed by atoms with Crippen molar-refractivity contribution in [2.45, 2.75) is 32.4 Å². The van der Waals surface area contributed by atoms with Gasteiger partial charge in [-0.05, 0) is 62.7 Å². The first kappa shape index (κ1) is 24.6. The lowest BCUT2D eigenvalue weighted by atomic mass is 9.94. The minimum absolute atomic E-state index is 0.0151. The maximum atomic E-state index is 13.1. The van der Waals surface area contributed by atoms with Crippen molar-refractivity contribution in [2.75, 3.05) is 27.4 Å². The summed E-state index contributed by atoms with van der Waals surface area (Å²) in [7, 11) is 3.03. The Morgan fingerprint density at radius 2 is 1.79 bits per heavy atom. The van der Waals surface area contributed by atoms with Gasteiger partial charge in [0.2, 0.25) is 0 Å². The van der Waals surface area contributed by atoms with Gasteiger partial charge in [0, 0.05) is 29.3 Å². The number of rotatable bonds is 9. The van der Waals surface area contributed by atoms with E-state index in [1.165, 1.54) is 19.1 Å². The van der Waals surface area contributed by atoms with Crippen molar-refractivity contribution in [2.24, 2.45) is 0 Å². The van der Waals surface area contributed by atoms with E-state index in [-0.39, 0.29) is 24.0 Å². The number of benzene rings is 2. The molecule has 1 fully saturated rings. The van der Waals surface area contributed by atoms with Crippen LogP contribution in [0.5, 0.6) is 11.5 Å². The molecule has 0 spiro atoms. The zero-order valence-corrected chi connectivity index (χ0v) is 19.9. The largest absolute Gasteiger partial charge is 0.507 e. The molecule has 1 heterocycles. The number of hydrogen-bond donors (Lipinski definition) is 1. The molecule has 0 radical (unpaired) electrons. The first-order chi connectivity index (χ1) is 15.8. The van der Waals surface area contributed by atoms with Crippen molar-refractivity contribution in [3.05, 3.63) is 64.2 Å². The summed E-state index contributed by atoms with van der Waals surface area (Å²) in [6, 6.07) is 10.7. The first-order valence-electron chi connectivity index (χ1n) is 10.7. The summed E-state index contributed by atoms with van der Waals surface area (Å²) in [5.74, 6) is -0.730. The molecule has 0 unspecified atom stereocenters. The van der Waals surface area contributed by atoms with Crippen LogP contribution in [0.3, 0.4) is 0 Å². The van der Waals surface area contributed by atoms with E-state index in [4.69, 9.17) is 25.8 Å². The van der Waals surface area contributed by atoms with Crippen LogP contribution in [0.2, 0.25) is 5.02 Å². The third kappa shape index (κ3) is 5.31. The molecule has 1 atom stereocenters. The molecule has 1 saturated heterocycles. The average Bonchev–Trinajstić information content (AvgIpc) is 3.06. The minimum Gasteiger partial charge on any atom is -0.507 e. The van der Waals surface area contributed by atoms with Crippen molar-refractivity contribution < 1.29 is 28.9 Å². The van der Waals surface area contributed by atoms with Gasteiger partial charge in [-0.2, -0.15) is 0 Å². The molecular formula is C25H28ClNO6. The van der Waals surface area contributed by atoms with E-state index < -0.39 is 17.7 Å². The Hall–Kier alpha value is -3.03. The van der Waals surface area contributed by atoms with E-state index in [1.54, 1.807) is 42.5 Å². The van der Waals surface area contributed by atoms with E-state index in [1.807, 2.05) is 13.8 Å². The van der Waals surface area contributed by atoms with Gasteiger partial charge in [0.15, 0.2) is 0 Å². The Morgan fingerprint density at radius 3 is 2.39 bits per heavy atom. The van der Waals surface area contributed by atoms with Crippen LogP contribution < -0.4 is 9.47 Å². The van der Waals surface area contributed by atoms with E-state index in [9.17, 15) is 14.7 Å². The van der Waals surface area contributed by atoms with Crippen LogP contribution in [0, 0.1) is 0 Å². The fourth-order valence-corrected chi connectivity index (χ4v) is 3.93. The average molecular weight is 474 g/mol. The highest BCUT2D eigenvalue weighted by atomic mass is 35.5. The molecule has 2 aromatic carbocycles. The molecule has 1 N–H and O–H groups in total. The Balaban J connectivity index is 2.13. The summed E-state index contributed by atoms with van der Waals surface area (Å²) < 4.78 is 16.5. The highest BCUT2D eigenvalue weighted by Crippen LogP contribution is 2.44. The van der Waals surface area contributed by atoms with Crippen LogP contribution in [-0.4, -0.2) is 55.2 Å². The second-order valence-corrected chi connectivity index (χ2v) is 8.32. The lowest BCUT2D eigenvalue weighted by molar-refractivity contribution is -0.140. The highest BCUT2D eigenvalue weighted by molar-refractivity contribution is 6.46. The topological polar surface area (TPSA) is 85.3 Å². The Morgan fingerprint density at radius 1 is 1.09 bits per heavy atom. The second-order valence-electron chi connectivity index (χ2n) is 7.88. The molecule has 1 aliphatic rings. The summed E-state index contributed by atoms with van der Waals surface area (Å²) in [6.07, 6.45) is 0.578. The molecule has 0 aliphatic carbocycles. The monoisotopic (exact) mass is 473 g/mol. The predicted octanol–water partition coefficient (Wildman–Crippen LogP) is 4.59. The molecule has 3 rings (SSSR count). The van der Waals surface area contributed by atoms with Gasteiger partial charge in [0.05, 0.1) is 31.9 Å². The van der Waals surface area contributed by atoms with E-state index in [0.29, 0.717) is 40.7 Å². The van der Waals surface area contributed by atoms with Crippen molar-refractivity contribution >= 4 is 29.1 Å². The van der Waals surface area contributed by atoms with Crippen molar-refractivity contribution in [1.29, 1.82) is 0 Å². The first-order valence-corrected chi connectivity index (χ1v) is 11.0. The van der Waals surface area contributed by atoms with Crippen molar-refractivity contribution in [3.63, 3.8) is 0 Å². The van der Waals surface area contributed by atoms with Gasteiger partial charge in [0.25, 0.3) is 11.7 Å². The van der Waals surface area contributed by atoms with Crippen molar-refractivity contribution in [1.82, 2.24) is 4.90 Å². The molecule has 33 heavy (non-hydrogen) atoms. The predicted molar refractivity (Wildman–Crippen MR) is 126 cm³/mol. The normalized spacial score (nSPS) is 17.6. The van der Waals surface area contributed by atoms with Crippen LogP contribution in [-0.2, 0) is 14.3 Å². The van der Waals surface area contributed by atoms with Gasteiger partial charge in [-0.1, -0.05) is 11.6 Å². The Bertz CT molecular complexity index is 1050. The van der Waals surface area contributed by atoms with Gasteiger partial charge < -0.3 is 24.2 Å². The molecule has 176 valence electrons. The zero-order chi connectivity index (χ0) is 24.1. The van der Waals surface area contributed by atoms with Gasteiger partial charge in [-0.15, -0.1) is 0 Å². The van der Waals surface area contributed by atoms with E-state index >= 15 is 0 Å². The molecule has 1 aliphatic heterocycles. The molecular weight excluding hydrogens is 446 g/mol. The number of aliphatic hydroxyl groups excluding tert-OH is 1. The highest BCUT2D eigenvalue weighted by Gasteiger charge is 2.47. The number of methoxy groups -OCH3 is 2. The number of halogens is 1. The van der Waals surface area contributed by atoms with E-state index in [0.717, 1.165) is 0 Å². The molecule has 8 heteroatoms. The van der Waals surface area contributed by atoms with Gasteiger partial charge >= 0.3 is 0 Å². The fraction of sp³-hybridized carbons (Fsp3) is 0.360. The number of hydrogen-bond acceptors (Lipinski definition) is 6. The van der Waals surface area contributed by atoms with Crippen LogP contribution in [0.1, 0.15) is 37.4 Å². The molecule has 0 aromatic heterocycles. The summed E-state index contributed by atoms with van der Waals surface area (Å²) in [4.78, 5) is 27.7. The number of amides is 1. The SMILES string of the molecule is COc1ccc(OC)c([C@H]2C(=C(O)c3ccc(Cl)cc3)C(=O)C(=O)N2CCCOC(C)C)c1. The lowest BCUT2D eigenvalue weighted by Crippen LogP contribution is -2.31. The lowest BCUT2D eigenvalue weighted by Gasteiger charge is -2.27. The number of likely N-dealkylation sites (tertiary alicyclic amines) is 1. The van der Waals surface area contributed by atoms with E-state index in [2.05, 4.69) is 0 Å². The number of Topliss-reactive ketones (excluding diaryl/α,β-unsaturated/α-hetero) is 1. The smallest absolute Gasteiger partial charge is 0.295 e. The quantitative estimate of drug-likeness (QED) is 0.248. The number of carbonyl (C=O) groups is 2. The van der Waals surface area contributed by atoms with Gasteiger partial charge in [0.1, 0.15) is 17.3 Å². The Labute approximate surface area is 198 Å².